The Hall–Kier alpha value is -0.830. The molecular weight excluding hydrogens is 152 g/mol. The number of hydrogen-bond donors (Lipinski definition) is 2. The van der Waals surface area contributed by atoms with E-state index in [0.717, 1.165) is 32.5 Å². The molecule has 0 aliphatic carbocycles. The normalized spacial score (nSPS) is 18.7. The molecule has 0 saturated carbocycles. The van der Waals surface area contributed by atoms with Gasteiger partial charge in [0, 0.05) is 6.54 Å². The van der Waals surface area contributed by atoms with Crippen LogP contribution in [0, 0.1) is 5.92 Å². The minimum Gasteiger partial charge on any atom is -0.352 e. The molecule has 0 spiro atoms. The van der Waals surface area contributed by atoms with Gasteiger partial charge in [0.25, 0.3) is 0 Å². The van der Waals surface area contributed by atoms with Crippen molar-refractivity contribution < 1.29 is 4.79 Å². The minimum absolute atomic E-state index is 0.0615. The van der Waals surface area contributed by atoms with Gasteiger partial charge in [0.1, 0.15) is 0 Å². The molecule has 0 aromatic carbocycles. The van der Waals surface area contributed by atoms with E-state index in [0.29, 0.717) is 5.92 Å². The molecule has 0 atom stereocenters. The first-order chi connectivity index (χ1) is 5.83. The van der Waals surface area contributed by atoms with Gasteiger partial charge in [-0.2, -0.15) is 0 Å². The van der Waals surface area contributed by atoms with Crippen LogP contribution in [0.2, 0.25) is 0 Å². The van der Waals surface area contributed by atoms with Crippen LogP contribution in [0.4, 0.5) is 0 Å². The van der Waals surface area contributed by atoms with Gasteiger partial charge in [0.2, 0.25) is 5.91 Å². The van der Waals surface area contributed by atoms with E-state index in [1.54, 1.807) is 0 Å². The summed E-state index contributed by atoms with van der Waals surface area (Å²) in [5.74, 6) is 0.587. The van der Waals surface area contributed by atoms with Crippen LogP contribution < -0.4 is 10.6 Å². The zero-order valence-electron chi connectivity index (χ0n) is 7.31. The predicted octanol–water partition coefficient (Wildman–Crippen LogP) is 0.288. The third kappa shape index (κ3) is 3.05. The lowest BCUT2D eigenvalue weighted by molar-refractivity contribution is -0.116. The summed E-state index contributed by atoms with van der Waals surface area (Å²) in [5, 5.41) is 6.10. The summed E-state index contributed by atoms with van der Waals surface area (Å²) in [4.78, 5) is 10.8. The standard InChI is InChI=1S/C9H16N2O/c1-2-9(12)11-7-8-3-5-10-6-4-8/h2,8,10H,1,3-7H2,(H,11,12). The van der Waals surface area contributed by atoms with E-state index in [-0.39, 0.29) is 5.91 Å². The SMILES string of the molecule is C=CC(=O)NCC1CCNCC1. The highest BCUT2D eigenvalue weighted by molar-refractivity contribution is 5.86. The molecule has 1 fully saturated rings. The van der Waals surface area contributed by atoms with Crippen molar-refractivity contribution in [1.82, 2.24) is 10.6 Å². The number of piperidine rings is 1. The molecule has 1 amide bonds. The Morgan fingerprint density at radius 2 is 2.25 bits per heavy atom. The van der Waals surface area contributed by atoms with Crippen molar-refractivity contribution in [3.05, 3.63) is 12.7 Å². The van der Waals surface area contributed by atoms with Crippen molar-refractivity contribution >= 4 is 5.91 Å². The molecule has 1 aliphatic heterocycles. The zero-order chi connectivity index (χ0) is 8.81. The Kier molecular flexibility index (Phi) is 3.80. The molecule has 0 aromatic heterocycles. The van der Waals surface area contributed by atoms with Crippen molar-refractivity contribution in [2.45, 2.75) is 12.8 Å². The molecule has 3 heteroatoms. The zero-order valence-corrected chi connectivity index (χ0v) is 7.31. The molecular formula is C9H16N2O. The Balaban J connectivity index is 2.12. The van der Waals surface area contributed by atoms with Crippen LogP contribution in [0.3, 0.4) is 0 Å². The van der Waals surface area contributed by atoms with Crippen molar-refractivity contribution in [2.75, 3.05) is 19.6 Å². The first-order valence-corrected chi connectivity index (χ1v) is 4.44. The second-order valence-corrected chi connectivity index (χ2v) is 3.14. The first-order valence-electron chi connectivity index (χ1n) is 4.44. The third-order valence-corrected chi connectivity index (χ3v) is 2.21. The van der Waals surface area contributed by atoms with Crippen molar-refractivity contribution in [3.63, 3.8) is 0 Å². The van der Waals surface area contributed by atoms with Crippen LogP contribution in [0.1, 0.15) is 12.8 Å². The second-order valence-electron chi connectivity index (χ2n) is 3.14. The lowest BCUT2D eigenvalue weighted by atomic mass is 9.98. The van der Waals surface area contributed by atoms with Crippen molar-refractivity contribution in [1.29, 1.82) is 0 Å². The smallest absolute Gasteiger partial charge is 0.243 e. The number of carbonyl (C=O) groups excluding carboxylic acids is 1. The van der Waals surface area contributed by atoms with Crippen LogP contribution >= 0.6 is 0 Å². The lowest BCUT2D eigenvalue weighted by Crippen LogP contribution is -2.35. The molecule has 12 heavy (non-hydrogen) atoms. The van der Waals surface area contributed by atoms with Gasteiger partial charge in [-0.3, -0.25) is 4.79 Å². The molecule has 1 saturated heterocycles. The molecule has 1 rings (SSSR count). The lowest BCUT2D eigenvalue weighted by Gasteiger charge is -2.22. The number of rotatable bonds is 3. The van der Waals surface area contributed by atoms with Gasteiger partial charge in [0.15, 0.2) is 0 Å². The molecule has 68 valence electrons. The maximum Gasteiger partial charge on any atom is 0.243 e. The first kappa shape index (κ1) is 9.26. The Bertz CT molecular complexity index is 162. The average Bonchev–Trinajstić information content (AvgIpc) is 2.16. The average molecular weight is 168 g/mol. The van der Waals surface area contributed by atoms with E-state index in [1.807, 2.05) is 0 Å². The number of carbonyl (C=O) groups is 1. The Morgan fingerprint density at radius 1 is 1.58 bits per heavy atom. The summed E-state index contributed by atoms with van der Waals surface area (Å²) in [5.41, 5.74) is 0. The van der Waals surface area contributed by atoms with E-state index in [2.05, 4.69) is 17.2 Å². The predicted molar refractivity (Wildman–Crippen MR) is 48.8 cm³/mol. The van der Waals surface area contributed by atoms with Crippen LogP contribution in [-0.4, -0.2) is 25.5 Å². The highest BCUT2D eigenvalue weighted by Gasteiger charge is 2.12. The molecule has 3 nitrogen and oxygen atoms in total. The van der Waals surface area contributed by atoms with Gasteiger partial charge < -0.3 is 10.6 Å². The van der Waals surface area contributed by atoms with Gasteiger partial charge in [0.05, 0.1) is 0 Å². The van der Waals surface area contributed by atoms with Crippen LogP contribution in [-0.2, 0) is 4.79 Å². The minimum atomic E-state index is -0.0615. The van der Waals surface area contributed by atoms with Crippen molar-refractivity contribution in [3.8, 4) is 0 Å². The maximum absolute atomic E-state index is 10.8. The third-order valence-electron chi connectivity index (χ3n) is 2.21. The molecule has 0 unspecified atom stereocenters. The maximum atomic E-state index is 10.8. The molecule has 0 aromatic rings. The summed E-state index contributed by atoms with van der Waals surface area (Å²) in [7, 11) is 0. The molecule has 1 aliphatic rings. The topological polar surface area (TPSA) is 41.1 Å². The monoisotopic (exact) mass is 168 g/mol. The summed E-state index contributed by atoms with van der Waals surface area (Å²) in [6.45, 7) is 6.35. The van der Waals surface area contributed by atoms with Gasteiger partial charge in [-0.05, 0) is 37.9 Å². The second kappa shape index (κ2) is 4.93. The molecule has 0 radical (unpaired) electrons. The Labute approximate surface area is 73.2 Å². The van der Waals surface area contributed by atoms with E-state index in [4.69, 9.17) is 0 Å². The highest BCUT2D eigenvalue weighted by atomic mass is 16.1. The summed E-state index contributed by atoms with van der Waals surface area (Å²) in [6, 6.07) is 0. The van der Waals surface area contributed by atoms with E-state index < -0.39 is 0 Å². The fourth-order valence-corrected chi connectivity index (χ4v) is 1.40. The Morgan fingerprint density at radius 3 is 2.83 bits per heavy atom. The number of hydrogen-bond acceptors (Lipinski definition) is 2. The summed E-state index contributed by atoms with van der Waals surface area (Å²) < 4.78 is 0. The molecule has 1 heterocycles. The number of nitrogens with one attached hydrogen (secondary N) is 2. The van der Waals surface area contributed by atoms with Gasteiger partial charge in [-0.25, -0.2) is 0 Å². The van der Waals surface area contributed by atoms with E-state index in [1.165, 1.54) is 6.08 Å². The van der Waals surface area contributed by atoms with Gasteiger partial charge in [-0.1, -0.05) is 6.58 Å². The van der Waals surface area contributed by atoms with Crippen LogP contribution in [0.15, 0.2) is 12.7 Å². The summed E-state index contributed by atoms with van der Waals surface area (Å²) in [6.07, 6.45) is 3.65. The molecule has 2 N–H and O–H groups in total. The highest BCUT2D eigenvalue weighted by Crippen LogP contribution is 2.09. The molecule has 0 bridgehead atoms. The van der Waals surface area contributed by atoms with Crippen LogP contribution in [0.5, 0.6) is 0 Å². The largest absolute Gasteiger partial charge is 0.352 e. The van der Waals surface area contributed by atoms with Gasteiger partial charge >= 0.3 is 0 Å². The van der Waals surface area contributed by atoms with Crippen molar-refractivity contribution in [2.24, 2.45) is 5.92 Å². The quantitative estimate of drug-likeness (QED) is 0.595. The van der Waals surface area contributed by atoms with Crippen LogP contribution in [0.25, 0.3) is 0 Å². The fraction of sp³-hybridized carbons (Fsp3) is 0.667. The van der Waals surface area contributed by atoms with E-state index >= 15 is 0 Å². The van der Waals surface area contributed by atoms with Gasteiger partial charge in [-0.15, -0.1) is 0 Å². The number of amides is 1. The fourth-order valence-electron chi connectivity index (χ4n) is 1.40. The summed E-state index contributed by atoms with van der Waals surface area (Å²) >= 11 is 0. The van der Waals surface area contributed by atoms with E-state index in [9.17, 15) is 4.79 Å².